The Hall–Kier alpha value is -2.36. The van der Waals surface area contributed by atoms with Gasteiger partial charge in [-0.3, -0.25) is 0 Å². The Morgan fingerprint density at radius 3 is 2.30 bits per heavy atom. The van der Waals surface area contributed by atoms with Gasteiger partial charge in [0, 0.05) is 0 Å². The molecule has 0 amide bonds. The topological polar surface area (TPSA) is 50.9 Å². The number of aromatic hydroxyl groups is 1. The zero-order valence-electron chi connectivity index (χ0n) is 11.6. The molecule has 2 aromatic carbocycles. The SMILES string of the molecule is CC(C)Cc1ccc(O)c(-n2nc3ccccc3n2)c1. The monoisotopic (exact) mass is 267 g/mol. The Labute approximate surface area is 117 Å². The third-order valence-corrected chi connectivity index (χ3v) is 3.19. The van der Waals surface area contributed by atoms with Crippen LogP contribution in [0.4, 0.5) is 0 Å². The molecule has 0 aliphatic heterocycles. The van der Waals surface area contributed by atoms with Gasteiger partial charge in [-0.15, -0.1) is 15.0 Å². The highest BCUT2D eigenvalue weighted by Gasteiger charge is 2.10. The molecule has 0 unspecified atom stereocenters. The molecule has 0 aliphatic rings. The largest absolute Gasteiger partial charge is 0.506 e. The fourth-order valence-electron chi connectivity index (χ4n) is 2.30. The van der Waals surface area contributed by atoms with Crippen LogP contribution in [-0.4, -0.2) is 20.1 Å². The maximum Gasteiger partial charge on any atom is 0.143 e. The second-order valence-electron chi connectivity index (χ2n) is 5.40. The molecule has 102 valence electrons. The van der Waals surface area contributed by atoms with Gasteiger partial charge in [0.2, 0.25) is 0 Å². The fraction of sp³-hybridized carbons (Fsp3) is 0.250. The van der Waals surface area contributed by atoms with Crippen molar-refractivity contribution in [1.29, 1.82) is 0 Å². The molecule has 1 heterocycles. The van der Waals surface area contributed by atoms with Gasteiger partial charge in [-0.2, -0.15) is 0 Å². The first-order valence-corrected chi connectivity index (χ1v) is 6.78. The van der Waals surface area contributed by atoms with Crippen molar-refractivity contribution in [2.24, 2.45) is 5.92 Å². The lowest BCUT2D eigenvalue weighted by Crippen LogP contribution is -2.01. The first-order chi connectivity index (χ1) is 9.63. The first-order valence-electron chi connectivity index (χ1n) is 6.78. The molecule has 0 aliphatic carbocycles. The number of hydrogen-bond donors (Lipinski definition) is 1. The van der Waals surface area contributed by atoms with Crippen molar-refractivity contribution in [3.63, 3.8) is 0 Å². The zero-order valence-corrected chi connectivity index (χ0v) is 11.6. The average molecular weight is 267 g/mol. The molecular formula is C16H17N3O. The van der Waals surface area contributed by atoms with Crippen molar-refractivity contribution in [3.8, 4) is 11.4 Å². The van der Waals surface area contributed by atoms with Crippen molar-refractivity contribution in [2.45, 2.75) is 20.3 Å². The van der Waals surface area contributed by atoms with Crippen LogP contribution in [0.2, 0.25) is 0 Å². The highest BCUT2D eigenvalue weighted by Crippen LogP contribution is 2.24. The summed E-state index contributed by atoms with van der Waals surface area (Å²) in [6.07, 6.45) is 0.966. The Kier molecular flexibility index (Phi) is 3.14. The Morgan fingerprint density at radius 2 is 1.70 bits per heavy atom. The summed E-state index contributed by atoms with van der Waals surface area (Å²) in [4.78, 5) is 1.50. The quantitative estimate of drug-likeness (QED) is 0.792. The minimum atomic E-state index is 0.192. The number of fused-ring (bicyclic) bond motifs is 1. The molecule has 20 heavy (non-hydrogen) atoms. The maximum atomic E-state index is 10.0. The summed E-state index contributed by atoms with van der Waals surface area (Å²) >= 11 is 0. The molecule has 0 radical (unpaired) electrons. The fourth-order valence-corrected chi connectivity index (χ4v) is 2.30. The molecule has 0 fully saturated rings. The van der Waals surface area contributed by atoms with E-state index in [-0.39, 0.29) is 5.75 Å². The minimum Gasteiger partial charge on any atom is -0.506 e. The number of benzene rings is 2. The lowest BCUT2D eigenvalue weighted by atomic mass is 10.0. The van der Waals surface area contributed by atoms with E-state index in [1.165, 1.54) is 10.4 Å². The van der Waals surface area contributed by atoms with Gasteiger partial charge in [-0.05, 0) is 42.2 Å². The van der Waals surface area contributed by atoms with Gasteiger partial charge in [0.1, 0.15) is 22.5 Å². The van der Waals surface area contributed by atoms with Gasteiger partial charge >= 0.3 is 0 Å². The predicted molar refractivity (Wildman–Crippen MR) is 79.1 cm³/mol. The zero-order chi connectivity index (χ0) is 14.1. The van der Waals surface area contributed by atoms with Crippen LogP contribution in [0.5, 0.6) is 5.75 Å². The summed E-state index contributed by atoms with van der Waals surface area (Å²) in [6, 6.07) is 13.3. The van der Waals surface area contributed by atoms with E-state index in [2.05, 4.69) is 24.0 Å². The third-order valence-electron chi connectivity index (χ3n) is 3.19. The Balaban J connectivity index is 2.07. The summed E-state index contributed by atoms with van der Waals surface area (Å²) < 4.78 is 0. The van der Waals surface area contributed by atoms with Crippen molar-refractivity contribution in [2.75, 3.05) is 0 Å². The van der Waals surface area contributed by atoms with Gasteiger partial charge in [0.25, 0.3) is 0 Å². The summed E-state index contributed by atoms with van der Waals surface area (Å²) in [6.45, 7) is 4.35. The van der Waals surface area contributed by atoms with Crippen LogP contribution < -0.4 is 0 Å². The van der Waals surface area contributed by atoms with Gasteiger partial charge in [-0.25, -0.2) is 0 Å². The second-order valence-corrected chi connectivity index (χ2v) is 5.40. The number of rotatable bonds is 3. The number of aromatic nitrogens is 3. The number of hydrogen-bond acceptors (Lipinski definition) is 3. The lowest BCUT2D eigenvalue weighted by molar-refractivity contribution is 0.467. The smallest absolute Gasteiger partial charge is 0.143 e. The van der Waals surface area contributed by atoms with E-state index in [1.54, 1.807) is 6.07 Å². The number of nitrogens with zero attached hydrogens (tertiary/aromatic N) is 3. The summed E-state index contributed by atoms with van der Waals surface area (Å²) in [5.41, 5.74) is 3.44. The predicted octanol–water partition coefficient (Wildman–Crippen LogP) is 3.32. The molecule has 1 N–H and O–H groups in total. The Bertz CT molecular complexity index is 713. The number of phenolic OH excluding ortho intramolecular Hbond substituents is 1. The van der Waals surface area contributed by atoms with Crippen LogP contribution in [0, 0.1) is 5.92 Å². The van der Waals surface area contributed by atoms with Crippen molar-refractivity contribution >= 4 is 11.0 Å². The molecule has 4 nitrogen and oxygen atoms in total. The van der Waals surface area contributed by atoms with E-state index >= 15 is 0 Å². The van der Waals surface area contributed by atoms with Crippen LogP contribution in [-0.2, 0) is 6.42 Å². The van der Waals surface area contributed by atoms with E-state index in [9.17, 15) is 5.11 Å². The molecule has 1 aromatic heterocycles. The molecule has 0 atom stereocenters. The summed E-state index contributed by atoms with van der Waals surface area (Å²) in [5.74, 6) is 0.759. The van der Waals surface area contributed by atoms with Crippen LogP contribution in [0.15, 0.2) is 42.5 Å². The molecule has 3 rings (SSSR count). The molecular weight excluding hydrogens is 250 g/mol. The molecule has 0 bridgehead atoms. The molecule has 4 heteroatoms. The minimum absolute atomic E-state index is 0.192. The normalized spacial score (nSPS) is 11.3. The van der Waals surface area contributed by atoms with E-state index < -0.39 is 0 Å². The van der Waals surface area contributed by atoms with Crippen LogP contribution in [0.25, 0.3) is 16.7 Å². The second kappa shape index (κ2) is 4.96. The lowest BCUT2D eigenvalue weighted by Gasteiger charge is -2.08. The van der Waals surface area contributed by atoms with E-state index in [0.29, 0.717) is 11.6 Å². The first kappa shape index (κ1) is 12.7. The number of phenols is 1. The van der Waals surface area contributed by atoms with Gasteiger partial charge in [0.15, 0.2) is 0 Å². The molecule has 0 saturated heterocycles. The summed E-state index contributed by atoms with van der Waals surface area (Å²) in [5, 5.41) is 18.9. The van der Waals surface area contributed by atoms with Crippen LogP contribution in [0.1, 0.15) is 19.4 Å². The van der Waals surface area contributed by atoms with Gasteiger partial charge < -0.3 is 5.11 Å². The molecule has 3 aromatic rings. The van der Waals surface area contributed by atoms with E-state index in [1.807, 2.05) is 36.4 Å². The Morgan fingerprint density at radius 1 is 1.05 bits per heavy atom. The van der Waals surface area contributed by atoms with Crippen LogP contribution in [0.3, 0.4) is 0 Å². The van der Waals surface area contributed by atoms with Crippen molar-refractivity contribution in [1.82, 2.24) is 15.0 Å². The highest BCUT2D eigenvalue weighted by molar-refractivity contribution is 5.73. The third kappa shape index (κ3) is 2.37. The standard InChI is InChI=1S/C16H17N3O/c1-11(2)9-12-7-8-16(20)15(10-12)19-17-13-5-3-4-6-14(13)18-19/h3-8,10-11,20H,9H2,1-2H3. The maximum absolute atomic E-state index is 10.0. The van der Waals surface area contributed by atoms with E-state index in [4.69, 9.17) is 0 Å². The van der Waals surface area contributed by atoms with E-state index in [0.717, 1.165) is 17.5 Å². The van der Waals surface area contributed by atoms with Crippen LogP contribution >= 0.6 is 0 Å². The van der Waals surface area contributed by atoms with Crippen molar-refractivity contribution in [3.05, 3.63) is 48.0 Å². The molecule has 0 spiro atoms. The average Bonchev–Trinajstić information content (AvgIpc) is 2.84. The van der Waals surface area contributed by atoms with Crippen molar-refractivity contribution < 1.29 is 5.11 Å². The molecule has 0 saturated carbocycles. The summed E-state index contributed by atoms with van der Waals surface area (Å²) in [7, 11) is 0. The van der Waals surface area contributed by atoms with Gasteiger partial charge in [-0.1, -0.05) is 32.0 Å². The van der Waals surface area contributed by atoms with Gasteiger partial charge in [0.05, 0.1) is 0 Å². The highest BCUT2D eigenvalue weighted by atomic mass is 16.3.